The van der Waals surface area contributed by atoms with Gasteiger partial charge in [0.05, 0.1) is 12.2 Å². The molecule has 14 heavy (non-hydrogen) atoms. The van der Waals surface area contributed by atoms with Crippen molar-refractivity contribution in [2.24, 2.45) is 5.73 Å². The third-order valence-electron chi connectivity index (χ3n) is 2.16. The van der Waals surface area contributed by atoms with E-state index < -0.39 is 17.7 Å². The summed E-state index contributed by atoms with van der Waals surface area (Å²) < 4.78 is 25.7. The predicted octanol–water partition coefficient (Wildman–Crippen LogP) is 0.639. The zero-order valence-corrected chi connectivity index (χ0v) is 7.21. The van der Waals surface area contributed by atoms with E-state index in [4.69, 9.17) is 5.73 Å². The van der Waals surface area contributed by atoms with E-state index in [1.165, 1.54) is 11.0 Å². The van der Waals surface area contributed by atoms with Crippen molar-refractivity contribution in [3.8, 4) is 0 Å². The Morgan fingerprint density at radius 2 is 2.14 bits per heavy atom. The van der Waals surface area contributed by atoms with Gasteiger partial charge in [0.2, 0.25) is 5.91 Å². The number of carbonyl (C=O) groups excluding carboxylic acids is 1. The minimum Gasteiger partial charge on any atom is -0.318 e. The van der Waals surface area contributed by atoms with Gasteiger partial charge in [-0.2, -0.15) is 0 Å². The Morgan fingerprint density at radius 3 is 2.64 bits per heavy atom. The lowest BCUT2D eigenvalue weighted by molar-refractivity contribution is -0.123. The monoisotopic (exact) mass is 198 g/mol. The van der Waals surface area contributed by atoms with Crippen LogP contribution < -0.4 is 10.6 Å². The number of carbonyl (C=O) groups is 1. The van der Waals surface area contributed by atoms with Crippen LogP contribution >= 0.6 is 0 Å². The summed E-state index contributed by atoms with van der Waals surface area (Å²) in [6.07, 6.45) is 0. The van der Waals surface area contributed by atoms with Crippen molar-refractivity contribution in [1.29, 1.82) is 0 Å². The van der Waals surface area contributed by atoms with Gasteiger partial charge in [-0.25, -0.2) is 8.78 Å². The third kappa shape index (κ3) is 1.26. The lowest BCUT2D eigenvalue weighted by Gasteiger charge is -2.36. The highest BCUT2D eigenvalue weighted by molar-refractivity contribution is 6.03. The molecular weight excluding hydrogens is 190 g/mol. The molecule has 74 valence electrons. The van der Waals surface area contributed by atoms with Crippen molar-refractivity contribution >= 4 is 11.6 Å². The maximum atomic E-state index is 13.1. The highest BCUT2D eigenvalue weighted by Crippen LogP contribution is 2.24. The molecule has 1 unspecified atom stereocenters. The van der Waals surface area contributed by atoms with E-state index in [2.05, 4.69) is 0 Å². The summed E-state index contributed by atoms with van der Waals surface area (Å²) in [6.45, 7) is 0.279. The average molecular weight is 198 g/mol. The van der Waals surface area contributed by atoms with Gasteiger partial charge in [-0.15, -0.1) is 0 Å². The van der Waals surface area contributed by atoms with Crippen molar-refractivity contribution < 1.29 is 13.6 Å². The van der Waals surface area contributed by atoms with Gasteiger partial charge in [0.15, 0.2) is 0 Å². The zero-order chi connectivity index (χ0) is 10.3. The minimum atomic E-state index is -0.745. The van der Waals surface area contributed by atoms with Gasteiger partial charge in [-0.3, -0.25) is 4.79 Å². The van der Waals surface area contributed by atoms with Gasteiger partial charge in [0.25, 0.3) is 0 Å². The molecule has 1 heterocycles. The number of nitrogens with zero attached hydrogens (tertiary/aromatic N) is 1. The topological polar surface area (TPSA) is 46.3 Å². The second kappa shape index (κ2) is 3.02. The van der Waals surface area contributed by atoms with E-state index in [1.807, 2.05) is 0 Å². The molecule has 5 heteroatoms. The predicted molar refractivity (Wildman–Crippen MR) is 46.7 cm³/mol. The molecule has 0 bridgehead atoms. The standard InChI is InChI=1S/C9H8F2N2O/c10-5-1-2-8(6(11)3-5)13-4-7(12)9(13)14/h1-3,7H,4,12H2. The first kappa shape index (κ1) is 9.08. The number of hydrogen-bond donors (Lipinski definition) is 1. The zero-order valence-electron chi connectivity index (χ0n) is 7.21. The first-order chi connectivity index (χ1) is 6.59. The number of anilines is 1. The molecule has 2 rings (SSSR count). The fourth-order valence-electron chi connectivity index (χ4n) is 1.37. The van der Waals surface area contributed by atoms with Crippen LogP contribution in [0.15, 0.2) is 18.2 Å². The van der Waals surface area contributed by atoms with Crippen LogP contribution in [0.3, 0.4) is 0 Å². The number of nitrogens with two attached hydrogens (primary N) is 1. The Morgan fingerprint density at radius 1 is 1.43 bits per heavy atom. The van der Waals surface area contributed by atoms with Crippen molar-refractivity contribution in [2.75, 3.05) is 11.4 Å². The highest BCUT2D eigenvalue weighted by atomic mass is 19.1. The molecule has 1 aromatic carbocycles. The molecule has 1 aliphatic rings. The summed E-state index contributed by atoms with van der Waals surface area (Å²) >= 11 is 0. The second-order valence-corrected chi connectivity index (χ2v) is 3.15. The molecule has 0 aliphatic carbocycles. The lowest BCUT2D eigenvalue weighted by Crippen LogP contribution is -2.61. The number of rotatable bonds is 1. The van der Waals surface area contributed by atoms with Crippen LogP contribution in [0.5, 0.6) is 0 Å². The number of halogens is 2. The molecule has 1 aromatic rings. The maximum Gasteiger partial charge on any atom is 0.245 e. The van der Waals surface area contributed by atoms with Gasteiger partial charge in [0.1, 0.15) is 17.7 Å². The Hall–Kier alpha value is -1.49. The Balaban J connectivity index is 2.30. The molecule has 1 aliphatic heterocycles. The molecule has 0 saturated carbocycles. The molecule has 2 N–H and O–H groups in total. The summed E-state index contributed by atoms with van der Waals surface area (Å²) in [6, 6.07) is 2.52. The molecule has 3 nitrogen and oxygen atoms in total. The van der Waals surface area contributed by atoms with Gasteiger partial charge < -0.3 is 10.6 Å². The van der Waals surface area contributed by atoms with Crippen molar-refractivity contribution in [1.82, 2.24) is 0 Å². The second-order valence-electron chi connectivity index (χ2n) is 3.15. The largest absolute Gasteiger partial charge is 0.318 e. The molecule has 1 fully saturated rings. The van der Waals surface area contributed by atoms with Crippen LogP contribution in [-0.4, -0.2) is 18.5 Å². The first-order valence-electron chi connectivity index (χ1n) is 4.11. The smallest absolute Gasteiger partial charge is 0.245 e. The van der Waals surface area contributed by atoms with Crippen LogP contribution in [0.25, 0.3) is 0 Å². The van der Waals surface area contributed by atoms with E-state index >= 15 is 0 Å². The van der Waals surface area contributed by atoms with Gasteiger partial charge in [-0.1, -0.05) is 0 Å². The minimum absolute atomic E-state index is 0.0816. The summed E-state index contributed by atoms with van der Waals surface area (Å²) in [5.41, 5.74) is 5.42. The number of hydrogen-bond acceptors (Lipinski definition) is 2. The van der Waals surface area contributed by atoms with E-state index in [1.54, 1.807) is 0 Å². The van der Waals surface area contributed by atoms with Crippen LogP contribution in [0.1, 0.15) is 0 Å². The average Bonchev–Trinajstić information content (AvgIpc) is 2.15. The third-order valence-corrected chi connectivity index (χ3v) is 2.16. The summed E-state index contributed by atoms with van der Waals surface area (Å²) in [5, 5.41) is 0. The van der Waals surface area contributed by atoms with E-state index in [9.17, 15) is 13.6 Å². The Bertz CT molecular complexity index is 394. The van der Waals surface area contributed by atoms with Crippen molar-refractivity contribution in [2.45, 2.75) is 6.04 Å². The molecular formula is C9H8F2N2O. The number of benzene rings is 1. The highest BCUT2D eigenvalue weighted by Gasteiger charge is 2.35. The Kier molecular flexibility index (Phi) is 1.96. The number of β-lactam (4-membered cyclic amide) rings is 1. The summed E-state index contributed by atoms with van der Waals surface area (Å²) in [4.78, 5) is 12.3. The van der Waals surface area contributed by atoms with Crippen molar-refractivity contribution in [3.63, 3.8) is 0 Å². The fourth-order valence-corrected chi connectivity index (χ4v) is 1.37. The summed E-state index contributed by atoms with van der Waals surface area (Å²) in [7, 11) is 0. The Labute approximate surface area is 79.1 Å². The quantitative estimate of drug-likeness (QED) is 0.673. The molecule has 0 spiro atoms. The molecule has 0 aromatic heterocycles. The maximum absolute atomic E-state index is 13.1. The molecule has 1 saturated heterocycles. The van der Waals surface area contributed by atoms with Crippen LogP contribution in [0, 0.1) is 11.6 Å². The number of amides is 1. The first-order valence-corrected chi connectivity index (χ1v) is 4.11. The van der Waals surface area contributed by atoms with E-state index in [0.717, 1.165) is 12.1 Å². The van der Waals surface area contributed by atoms with E-state index in [0.29, 0.717) is 0 Å². The van der Waals surface area contributed by atoms with Gasteiger partial charge >= 0.3 is 0 Å². The fraction of sp³-hybridized carbons (Fsp3) is 0.222. The molecule has 1 atom stereocenters. The molecule has 1 amide bonds. The van der Waals surface area contributed by atoms with Crippen molar-refractivity contribution in [3.05, 3.63) is 29.8 Å². The van der Waals surface area contributed by atoms with Crippen LogP contribution in [-0.2, 0) is 4.79 Å². The SMILES string of the molecule is NC1CN(c2ccc(F)cc2F)C1=O. The van der Waals surface area contributed by atoms with E-state index in [-0.39, 0.29) is 18.1 Å². The van der Waals surface area contributed by atoms with Crippen LogP contribution in [0.4, 0.5) is 14.5 Å². The lowest BCUT2D eigenvalue weighted by atomic mass is 10.1. The molecule has 0 radical (unpaired) electrons. The summed E-state index contributed by atoms with van der Waals surface area (Å²) in [5.74, 6) is -1.75. The van der Waals surface area contributed by atoms with Gasteiger partial charge in [-0.05, 0) is 12.1 Å². The van der Waals surface area contributed by atoms with Crippen LogP contribution in [0.2, 0.25) is 0 Å². The van der Waals surface area contributed by atoms with Gasteiger partial charge in [0, 0.05) is 6.07 Å². The normalized spacial score (nSPS) is 20.9.